The molecule has 0 amide bonds. The Morgan fingerprint density at radius 2 is 1.42 bits per heavy atom. The lowest BCUT2D eigenvalue weighted by Gasteiger charge is -2.29. The Hall–Kier alpha value is -2.10. The van der Waals surface area contributed by atoms with Gasteiger partial charge in [-0.3, -0.25) is 0 Å². The van der Waals surface area contributed by atoms with Crippen molar-refractivity contribution < 1.29 is 17.6 Å². The molecule has 0 nitrogen and oxygen atoms in total. The van der Waals surface area contributed by atoms with Crippen molar-refractivity contribution in [1.82, 2.24) is 0 Å². The molecule has 0 aromatic heterocycles. The molecule has 178 valence electrons. The Morgan fingerprint density at radius 1 is 0.758 bits per heavy atom. The molecule has 1 fully saturated rings. The van der Waals surface area contributed by atoms with Gasteiger partial charge in [0.05, 0.1) is 0 Å². The third-order valence-electron chi connectivity index (χ3n) is 7.67. The highest BCUT2D eigenvalue weighted by Gasteiger charge is 2.22. The molecule has 2 aromatic rings. The summed E-state index contributed by atoms with van der Waals surface area (Å²) in [5.41, 5.74) is 3.40. The van der Waals surface area contributed by atoms with Crippen molar-refractivity contribution in [2.45, 2.75) is 84.0 Å². The number of hydrogen-bond acceptors (Lipinski definition) is 0. The largest absolute Gasteiger partial charge is 0.206 e. The van der Waals surface area contributed by atoms with Crippen LogP contribution in [0, 0.1) is 35.1 Å². The van der Waals surface area contributed by atoms with Gasteiger partial charge in [0, 0.05) is 5.56 Å². The van der Waals surface area contributed by atoms with Gasteiger partial charge in [-0.25, -0.2) is 17.6 Å². The molecule has 1 saturated carbocycles. The Balaban J connectivity index is 1.34. The van der Waals surface area contributed by atoms with Crippen LogP contribution in [0.3, 0.4) is 0 Å². The predicted molar refractivity (Wildman–Crippen MR) is 126 cm³/mol. The summed E-state index contributed by atoms with van der Waals surface area (Å²) in [5, 5.41) is 0. The zero-order valence-corrected chi connectivity index (χ0v) is 19.5. The van der Waals surface area contributed by atoms with Crippen molar-refractivity contribution in [2.75, 3.05) is 0 Å². The number of rotatable bonds is 8. The summed E-state index contributed by atoms with van der Waals surface area (Å²) in [7, 11) is 0. The van der Waals surface area contributed by atoms with Crippen molar-refractivity contribution in [3.63, 3.8) is 0 Å². The fraction of sp³-hybridized carbons (Fsp3) is 0.517. The molecule has 33 heavy (non-hydrogen) atoms. The lowest BCUT2D eigenvalue weighted by Crippen LogP contribution is -2.15. The Morgan fingerprint density at radius 3 is 2.09 bits per heavy atom. The molecule has 2 aliphatic rings. The van der Waals surface area contributed by atoms with E-state index in [0.29, 0.717) is 6.42 Å². The molecule has 0 saturated heterocycles. The van der Waals surface area contributed by atoms with Gasteiger partial charge < -0.3 is 0 Å². The third-order valence-corrected chi connectivity index (χ3v) is 7.67. The van der Waals surface area contributed by atoms with E-state index in [-0.39, 0.29) is 11.1 Å². The van der Waals surface area contributed by atoms with Gasteiger partial charge in [-0.2, -0.15) is 0 Å². The molecule has 0 spiro atoms. The second-order valence-corrected chi connectivity index (χ2v) is 10.0. The maximum atomic E-state index is 14.8. The van der Waals surface area contributed by atoms with Crippen LogP contribution in [-0.2, 0) is 12.8 Å². The quantitative estimate of drug-likeness (QED) is 0.160. The second-order valence-electron chi connectivity index (χ2n) is 10.0. The first-order valence-electron chi connectivity index (χ1n) is 12.6. The van der Waals surface area contributed by atoms with E-state index in [1.807, 2.05) is 0 Å². The number of unbranched alkanes of at least 4 members (excludes halogenated alkanes) is 2. The second kappa shape index (κ2) is 10.9. The smallest absolute Gasteiger partial charge is 0.194 e. The van der Waals surface area contributed by atoms with Crippen LogP contribution in [0.4, 0.5) is 17.6 Å². The maximum Gasteiger partial charge on any atom is 0.194 e. The van der Waals surface area contributed by atoms with Crippen LogP contribution < -0.4 is 0 Å². The Kier molecular flexibility index (Phi) is 7.93. The number of fused-ring (bicyclic) bond motifs is 1. The number of allylic oxidation sites excluding steroid dienone is 2. The first-order chi connectivity index (χ1) is 15.9. The standard InChI is InChI=1S/C29H34F4/c1-2-3-4-5-19-6-8-20(9-7-19)10-11-21-12-13-22-15-25(26(30)16-23(22)14-21)24-17-27(31)29(33)28(32)18-24/h12,15-20H,2-11,13-14H2,1H3. The average molecular weight is 459 g/mol. The number of hydrogen-bond donors (Lipinski definition) is 0. The van der Waals surface area contributed by atoms with E-state index in [9.17, 15) is 17.6 Å². The predicted octanol–water partition coefficient (Wildman–Crippen LogP) is 9.10. The van der Waals surface area contributed by atoms with E-state index in [4.69, 9.17) is 0 Å². The lowest BCUT2D eigenvalue weighted by atomic mass is 9.77. The highest BCUT2D eigenvalue weighted by atomic mass is 19.2. The van der Waals surface area contributed by atoms with Crippen LogP contribution in [0.15, 0.2) is 35.9 Å². The topological polar surface area (TPSA) is 0 Å². The van der Waals surface area contributed by atoms with Crippen LogP contribution in [0.25, 0.3) is 11.1 Å². The van der Waals surface area contributed by atoms with E-state index in [1.165, 1.54) is 69.4 Å². The Labute approximate surface area is 195 Å². The van der Waals surface area contributed by atoms with Gasteiger partial charge in [0.15, 0.2) is 17.5 Å². The van der Waals surface area contributed by atoms with Crippen molar-refractivity contribution in [2.24, 2.45) is 11.8 Å². The molecule has 0 bridgehead atoms. The normalized spacial score (nSPS) is 20.5. The van der Waals surface area contributed by atoms with Gasteiger partial charge in [-0.1, -0.05) is 69.9 Å². The zero-order chi connectivity index (χ0) is 23.4. The molecule has 4 rings (SSSR count). The lowest BCUT2D eigenvalue weighted by molar-refractivity contribution is 0.249. The van der Waals surface area contributed by atoms with Crippen molar-refractivity contribution in [3.8, 4) is 11.1 Å². The highest BCUT2D eigenvalue weighted by Crippen LogP contribution is 2.37. The zero-order valence-electron chi connectivity index (χ0n) is 19.5. The fourth-order valence-electron chi connectivity index (χ4n) is 5.59. The van der Waals surface area contributed by atoms with Crippen molar-refractivity contribution in [1.29, 1.82) is 0 Å². The third kappa shape index (κ3) is 5.88. The van der Waals surface area contributed by atoms with Crippen LogP contribution >= 0.6 is 0 Å². The van der Waals surface area contributed by atoms with Crippen LogP contribution in [-0.4, -0.2) is 0 Å². The SMILES string of the molecule is CCCCCC1CCC(CCC2=CCc3cc(-c4cc(F)c(F)c(F)c4)c(F)cc3C2)CC1. The molecule has 2 aromatic carbocycles. The molecule has 0 atom stereocenters. The van der Waals surface area contributed by atoms with Crippen molar-refractivity contribution in [3.05, 3.63) is 70.3 Å². The fourth-order valence-corrected chi connectivity index (χ4v) is 5.59. The molecule has 0 aliphatic heterocycles. The molecule has 0 heterocycles. The molecule has 0 radical (unpaired) electrons. The molecule has 2 aliphatic carbocycles. The van der Waals surface area contributed by atoms with Gasteiger partial charge in [-0.15, -0.1) is 0 Å². The molecular weight excluding hydrogens is 424 g/mol. The summed E-state index contributed by atoms with van der Waals surface area (Å²) < 4.78 is 55.4. The minimum Gasteiger partial charge on any atom is -0.206 e. The summed E-state index contributed by atoms with van der Waals surface area (Å²) in [6, 6.07) is 4.85. The monoisotopic (exact) mass is 458 g/mol. The van der Waals surface area contributed by atoms with Gasteiger partial charge in [-0.05, 0) is 78.5 Å². The summed E-state index contributed by atoms with van der Waals surface area (Å²) in [4.78, 5) is 0. The first kappa shape index (κ1) is 24.0. The summed E-state index contributed by atoms with van der Waals surface area (Å²) in [5.74, 6) is -2.94. The van der Waals surface area contributed by atoms with Gasteiger partial charge in [0.25, 0.3) is 0 Å². The van der Waals surface area contributed by atoms with Crippen LogP contribution in [0.5, 0.6) is 0 Å². The Bertz CT molecular complexity index is 976. The maximum absolute atomic E-state index is 14.8. The first-order valence-corrected chi connectivity index (χ1v) is 12.6. The minimum atomic E-state index is -1.53. The molecule has 0 unspecified atom stereocenters. The van der Waals surface area contributed by atoms with E-state index >= 15 is 0 Å². The van der Waals surface area contributed by atoms with Gasteiger partial charge in [0.1, 0.15) is 5.82 Å². The highest BCUT2D eigenvalue weighted by molar-refractivity contribution is 5.66. The summed E-state index contributed by atoms with van der Waals surface area (Å²) >= 11 is 0. The molecule has 0 N–H and O–H groups in total. The molecular formula is C29H34F4. The van der Waals surface area contributed by atoms with E-state index in [1.54, 1.807) is 6.07 Å². The van der Waals surface area contributed by atoms with Crippen molar-refractivity contribution >= 4 is 0 Å². The van der Waals surface area contributed by atoms with E-state index < -0.39 is 23.3 Å². The van der Waals surface area contributed by atoms with E-state index in [2.05, 4.69) is 13.0 Å². The summed E-state index contributed by atoms with van der Waals surface area (Å²) in [6.45, 7) is 2.26. The number of benzene rings is 2. The number of halogens is 4. The van der Waals surface area contributed by atoms with Crippen LogP contribution in [0.2, 0.25) is 0 Å². The van der Waals surface area contributed by atoms with Gasteiger partial charge >= 0.3 is 0 Å². The van der Waals surface area contributed by atoms with Gasteiger partial charge in [0.2, 0.25) is 0 Å². The minimum absolute atomic E-state index is 0.0202. The van der Waals surface area contributed by atoms with Crippen LogP contribution in [0.1, 0.15) is 82.3 Å². The average Bonchev–Trinajstić information content (AvgIpc) is 2.81. The van der Waals surface area contributed by atoms with E-state index in [0.717, 1.165) is 47.9 Å². The summed E-state index contributed by atoms with van der Waals surface area (Å²) in [6.07, 6.45) is 16.7. The molecule has 4 heteroatoms.